The lowest BCUT2D eigenvalue weighted by Crippen LogP contribution is -2.56. The topological polar surface area (TPSA) is 137 Å². The molecule has 0 aromatic heterocycles. The number of carbonyl (C=O) groups is 4. The van der Waals surface area contributed by atoms with Gasteiger partial charge in [0, 0.05) is 58.9 Å². The fraction of sp³-hybridized carbons (Fsp3) is 0.852. The Bertz CT molecular complexity index is 820. The molecule has 0 unspecified atom stereocenters. The summed E-state index contributed by atoms with van der Waals surface area (Å²) >= 11 is 1.59. The van der Waals surface area contributed by atoms with E-state index in [4.69, 9.17) is 10.5 Å². The summed E-state index contributed by atoms with van der Waals surface area (Å²) in [4.78, 5) is 57.3. The molecule has 1 fully saturated rings. The quantitative estimate of drug-likeness (QED) is 0.300. The first-order chi connectivity index (χ1) is 18.0. The van der Waals surface area contributed by atoms with Crippen molar-refractivity contribution >= 4 is 35.6 Å². The van der Waals surface area contributed by atoms with E-state index in [1.807, 2.05) is 27.7 Å². The second kappa shape index (κ2) is 15.7. The van der Waals surface area contributed by atoms with E-state index in [2.05, 4.69) is 4.90 Å². The molecule has 1 aliphatic heterocycles. The molecule has 1 rings (SSSR count). The summed E-state index contributed by atoms with van der Waals surface area (Å²) in [5.74, 6) is -0.0334. The number of piperazine rings is 1. The van der Waals surface area contributed by atoms with E-state index in [1.54, 1.807) is 37.6 Å². The van der Waals surface area contributed by atoms with Crippen LogP contribution in [-0.2, 0) is 19.1 Å². The van der Waals surface area contributed by atoms with Crippen LogP contribution >= 0.6 is 11.8 Å². The largest absolute Gasteiger partial charge is 0.444 e. The van der Waals surface area contributed by atoms with Gasteiger partial charge >= 0.3 is 6.09 Å². The van der Waals surface area contributed by atoms with Gasteiger partial charge < -0.3 is 30.3 Å². The number of rotatable bonds is 14. The van der Waals surface area contributed by atoms with Crippen molar-refractivity contribution in [3.8, 4) is 0 Å². The fourth-order valence-electron chi connectivity index (χ4n) is 4.27. The zero-order valence-electron chi connectivity index (χ0n) is 25.2. The fourth-order valence-corrected chi connectivity index (χ4v) is 5.36. The zero-order chi connectivity index (χ0) is 30.0. The molecule has 1 aliphatic rings. The highest BCUT2D eigenvalue weighted by Gasteiger charge is 2.36. The van der Waals surface area contributed by atoms with Crippen molar-refractivity contribution in [1.82, 2.24) is 19.6 Å². The summed E-state index contributed by atoms with van der Waals surface area (Å²) in [5.41, 5.74) is 3.86. The zero-order valence-corrected chi connectivity index (χ0v) is 26.0. The molecular formula is C27H51N5O6S. The first-order valence-corrected chi connectivity index (χ1v) is 14.9. The number of likely N-dealkylation sites (N-methyl/N-ethyl adjacent to an activating group) is 2. The van der Waals surface area contributed by atoms with Gasteiger partial charge in [-0.1, -0.05) is 6.92 Å². The predicted molar refractivity (Wildman–Crippen MR) is 154 cm³/mol. The van der Waals surface area contributed by atoms with Gasteiger partial charge in [0.25, 0.3) is 0 Å². The van der Waals surface area contributed by atoms with Crippen molar-refractivity contribution in [2.24, 2.45) is 5.73 Å². The van der Waals surface area contributed by atoms with E-state index in [0.717, 1.165) is 31.8 Å². The third kappa shape index (κ3) is 12.8. The van der Waals surface area contributed by atoms with Crippen LogP contribution in [0.25, 0.3) is 0 Å². The lowest BCUT2D eigenvalue weighted by molar-refractivity contribution is -0.147. The lowest BCUT2D eigenvalue weighted by atomic mass is 9.97. The normalized spacial score (nSPS) is 16.4. The molecule has 1 saturated heterocycles. The van der Waals surface area contributed by atoms with Gasteiger partial charge in [0.05, 0.1) is 5.60 Å². The minimum absolute atomic E-state index is 0.00174. The molecule has 1 heterocycles. The van der Waals surface area contributed by atoms with Crippen molar-refractivity contribution in [3.63, 3.8) is 0 Å². The number of aliphatic hydroxyl groups is 1. The van der Waals surface area contributed by atoms with Gasteiger partial charge in [0.15, 0.2) is 0 Å². The maximum Gasteiger partial charge on any atom is 0.410 e. The summed E-state index contributed by atoms with van der Waals surface area (Å²) in [5, 5.41) is 10.2. The number of ether oxygens (including phenoxy) is 1. The van der Waals surface area contributed by atoms with E-state index >= 15 is 0 Å². The van der Waals surface area contributed by atoms with Gasteiger partial charge in [-0.2, -0.15) is 11.8 Å². The van der Waals surface area contributed by atoms with Crippen LogP contribution < -0.4 is 5.73 Å². The van der Waals surface area contributed by atoms with Gasteiger partial charge in [0.1, 0.15) is 17.7 Å². The number of nitrogens with zero attached hydrogens (tertiary/aromatic N) is 4. The average molecular weight is 574 g/mol. The van der Waals surface area contributed by atoms with Crippen molar-refractivity contribution in [2.75, 3.05) is 58.3 Å². The number of primary amides is 1. The Balaban J connectivity index is 2.67. The molecule has 0 radical (unpaired) electrons. The number of hydrogen-bond acceptors (Lipinski definition) is 8. The van der Waals surface area contributed by atoms with Gasteiger partial charge in [-0.25, -0.2) is 4.79 Å². The SMILES string of the molecule is CCCC(=O)N(C)[C@H](CSCCCN1CCN(C(=O)OC(C)(C)C)CC1)C(=O)N(C)[C@@H](CC(C)(C)O)C(N)=O. The highest BCUT2D eigenvalue weighted by atomic mass is 32.2. The van der Waals surface area contributed by atoms with Crippen molar-refractivity contribution in [2.45, 2.75) is 90.5 Å². The smallest absolute Gasteiger partial charge is 0.410 e. The Kier molecular flexibility index (Phi) is 14.0. The summed E-state index contributed by atoms with van der Waals surface area (Å²) in [7, 11) is 3.12. The number of nitrogens with two attached hydrogens (primary N) is 1. The Morgan fingerprint density at radius 3 is 2.08 bits per heavy atom. The predicted octanol–water partition coefficient (Wildman–Crippen LogP) is 1.76. The third-order valence-corrected chi connectivity index (χ3v) is 7.64. The van der Waals surface area contributed by atoms with Gasteiger partial charge in [-0.05, 0) is 59.8 Å². The van der Waals surface area contributed by atoms with Gasteiger partial charge in [-0.15, -0.1) is 0 Å². The standard InChI is InChI=1S/C27H51N5O6S/c1-9-11-22(33)29(7)21(24(35)30(8)20(23(28)34)18-27(5,6)37)19-39-17-10-12-31-13-15-32(16-14-31)25(36)38-26(2,3)4/h20-21,37H,9-19H2,1-8H3,(H2,28,34)/t20-,21+/m0/s1. The summed E-state index contributed by atoms with van der Waals surface area (Å²) < 4.78 is 5.45. The summed E-state index contributed by atoms with van der Waals surface area (Å²) in [6.45, 7) is 14.3. The molecule has 12 heteroatoms. The molecule has 0 aliphatic carbocycles. The molecule has 0 aromatic rings. The Labute approximate surface area is 238 Å². The van der Waals surface area contributed by atoms with Crippen LogP contribution in [0.15, 0.2) is 0 Å². The average Bonchev–Trinajstić information content (AvgIpc) is 2.82. The molecule has 39 heavy (non-hydrogen) atoms. The second-order valence-electron chi connectivity index (χ2n) is 11.9. The molecule has 0 spiro atoms. The van der Waals surface area contributed by atoms with Crippen LogP contribution in [-0.4, -0.2) is 130 Å². The minimum Gasteiger partial charge on any atom is -0.444 e. The molecule has 11 nitrogen and oxygen atoms in total. The number of thioether (sulfide) groups is 1. The van der Waals surface area contributed by atoms with Crippen molar-refractivity contribution in [1.29, 1.82) is 0 Å². The number of amides is 4. The van der Waals surface area contributed by atoms with Crippen LogP contribution in [0.5, 0.6) is 0 Å². The Hall–Kier alpha value is -2.05. The molecule has 2 atom stereocenters. The molecule has 0 saturated carbocycles. The summed E-state index contributed by atoms with van der Waals surface area (Å²) in [6, 6.07) is -1.74. The van der Waals surface area contributed by atoms with Crippen LogP contribution in [0.1, 0.15) is 67.2 Å². The molecular weight excluding hydrogens is 522 g/mol. The van der Waals surface area contributed by atoms with Crippen LogP contribution in [0.3, 0.4) is 0 Å². The van der Waals surface area contributed by atoms with Crippen molar-refractivity contribution < 1.29 is 29.0 Å². The highest BCUT2D eigenvalue weighted by molar-refractivity contribution is 7.99. The van der Waals surface area contributed by atoms with E-state index < -0.39 is 29.2 Å². The molecule has 0 aromatic carbocycles. The maximum atomic E-state index is 13.5. The van der Waals surface area contributed by atoms with E-state index in [1.165, 1.54) is 16.8 Å². The first kappa shape index (κ1) is 35.0. The Morgan fingerprint density at radius 1 is 1.00 bits per heavy atom. The summed E-state index contributed by atoms with van der Waals surface area (Å²) in [6.07, 6.45) is 1.60. The van der Waals surface area contributed by atoms with Crippen molar-refractivity contribution in [3.05, 3.63) is 0 Å². The Morgan fingerprint density at radius 2 is 1.59 bits per heavy atom. The third-order valence-electron chi connectivity index (χ3n) is 6.51. The second-order valence-corrected chi connectivity index (χ2v) is 13.0. The highest BCUT2D eigenvalue weighted by Crippen LogP contribution is 2.19. The number of carbonyl (C=O) groups excluding carboxylic acids is 4. The van der Waals surface area contributed by atoms with Gasteiger partial charge in [0.2, 0.25) is 17.7 Å². The molecule has 3 N–H and O–H groups in total. The van der Waals surface area contributed by atoms with Gasteiger partial charge in [-0.3, -0.25) is 19.3 Å². The van der Waals surface area contributed by atoms with Crippen LogP contribution in [0.2, 0.25) is 0 Å². The van der Waals surface area contributed by atoms with Crippen LogP contribution in [0, 0.1) is 0 Å². The molecule has 226 valence electrons. The van der Waals surface area contributed by atoms with E-state index in [-0.39, 0.29) is 24.3 Å². The number of hydrogen-bond donors (Lipinski definition) is 2. The minimum atomic E-state index is -1.19. The molecule has 0 bridgehead atoms. The van der Waals surface area contributed by atoms with Crippen LogP contribution in [0.4, 0.5) is 4.79 Å². The maximum absolute atomic E-state index is 13.5. The van der Waals surface area contributed by atoms with E-state index in [0.29, 0.717) is 31.7 Å². The van der Waals surface area contributed by atoms with E-state index in [9.17, 15) is 24.3 Å². The monoisotopic (exact) mass is 573 g/mol. The lowest BCUT2D eigenvalue weighted by Gasteiger charge is -2.36. The first-order valence-electron chi connectivity index (χ1n) is 13.8. The molecule has 4 amide bonds.